The van der Waals surface area contributed by atoms with Crippen molar-refractivity contribution in [3.8, 4) is 0 Å². The van der Waals surface area contributed by atoms with Crippen LogP contribution in [0.5, 0.6) is 0 Å². The highest BCUT2D eigenvalue weighted by atomic mass is 19.4. The van der Waals surface area contributed by atoms with Gasteiger partial charge in [-0.25, -0.2) is 4.39 Å². The van der Waals surface area contributed by atoms with Crippen molar-refractivity contribution >= 4 is 11.6 Å². The molecule has 8 heteroatoms. The molecule has 0 heterocycles. The van der Waals surface area contributed by atoms with Gasteiger partial charge in [-0.3, -0.25) is 9.59 Å². The number of hydrogen-bond donors (Lipinski definition) is 2. The van der Waals surface area contributed by atoms with Crippen LogP contribution >= 0.6 is 0 Å². The maximum atomic E-state index is 14.0. The average Bonchev–Trinajstić information content (AvgIpc) is 3.23. The van der Waals surface area contributed by atoms with Gasteiger partial charge in [-0.1, -0.05) is 72.2 Å². The molecule has 2 saturated carbocycles. The zero-order valence-electron chi connectivity index (χ0n) is 24.1. The van der Waals surface area contributed by atoms with Crippen molar-refractivity contribution in [1.29, 1.82) is 0 Å². The maximum absolute atomic E-state index is 14.0. The third-order valence-electron chi connectivity index (χ3n) is 8.49. The summed E-state index contributed by atoms with van der Waals surface area (Å²) in [6.07, 6.45) is -1.27. The molecule has 1 aromatic carbocycles. The molecule has 3 rings (SSSR count). The Morgan fingerprint density at radius 1 is 1.03 bits per heavy atom. The van der Waals surface area contributed by atoms with Gasteiger partial charge < -0.3 is 10.2 Å². The SMILES string of the molecule is CC1C(=O)CC(=O)C1C.CCC(C)c1ccc(C(C)(O)C(F)(F)F)cc1.CCC1CC(C)(O)CC1(F)CC. The Hall–Kier alpha value is -1.80. The minimum absolute atomic E-state index is 0.0301. The summed E-state index contributed by atoms with van der Waals surface area (Å²) in [6.45, 7) is 14.0. The zero-order chi connectivity index (χ0) is 29.7. The second-order valence-corrected chi connectivity index (χ2v) is 11.6. The van der Waals surface area contributed by atoms with E-state index in [1.807, 2.05) is 41.5 Å². The van der Waals surface area contributed by atoms with E-state index in [1.165, 1.54) is 12.1 Å². The Balaban J connectivity index is 0.000000300. The molecule has 0 aliphatic heterocycles. The molecule has 38 heavy (non-hydrogen) atoms. The molecule has 7 unspecified atom stereocenters. The van der Waals surface area contributed by atoms with E-state index in [2.05, 4.69) is 0 Å². The topological polar surface area (TPSA) is 74.6 Å². The number of rotatable bonds is 5. The number of ketones is 2. The Kier molecular flexibility index (Phi) is 11.7. The number of hydrogen-bond acceptors (Lipinski definition) is 4. The van der Waals surface area contributed by atoms with E-state index in [9.17, 15) is 37.4 Å². The van der Waals surface area contributed by atoms with E-state index >= 15 is 0 Å². The monoisotopic (exact) mass is 546 g/mol. The van der Waals surface area contributed by atoms with Crippen molar-refractivity contribution in [3.63, 3.8) is 0 Å². The van der Waals surface area contributed by atoms with Gasteiger partial charge in [0.2, 0.25) is 0 Å². The summed E-state index contributed by atoms with van der Waals surface area (Å²) in [7, 11) is 0. The lowest BCUT2D eigenvalue weighted by atomic mass is 9.88. The molecule has 2 aliphatic carbocycles. The van der Waals surface area contributed by atoms with Crippen LogP contribution in [0.25, 0.3) is 0 Å². The minimum Gasteiger partial charge on any atom is -0.390 e. The number of aliphatic hydroxyl groups is 2. The van der Waals surface area contributed by atoms with Crippen LogP contribution in [-0.2, 0) is 15.2 Å². The van der Waals surface area contributed by atoms with Crippen LogP contribution < -0.4 is 0 Å². The fourth-order valence-corrected chi connectivity index (χ4v) is 5.07. The Morgan fingerprint density at radius 2 is 1.50 bits per heavy atom. The zero-order valence-corrected chi connectivity index (χ0v) is 24.1. The van der Waals surface area contributed by atoms with E-state index in [1.54, 1.807) is 19.1 Å². The Bertz CT molecular complexity index is 905. The molecule has 1 aromatic rings. The van der Waals surface area contributed by atoms with Gasteiger partial charge >= 0.3 is 6.18 Å². The van der Waals surface area contributed by atoms with E-state index < -0.39 is 23.0 Å². The lowest BCUT2D eigenvalue weighted by Gasteiger charge is -2.27. The lowest BCUT2D eigenvalue weighted by molar-refractivity contribution is -0.258. The molecule has 4 nitrogen and oxygen atoms in total. The van der Waals surface area contributed by atoms with Crippen molar-refractivity contribution in [3.05, 3.63) is 35.4 Å². The first-order valence-electron chi connectivity index (χ1n) is 13.6. The smallest absolute Gasteiger partial charge is 0.390 e. The van der Waals surface area contributed by atoms with Crippen LogP contribution in [0.1, 0.15) is 111 Å². The summed E-state index contributed by atoms with van der Waals surface area (Å²) >= 11 is 0. The number of alkyl halides is 4. The summed E-state index contributed by atoms with van der Waals surface area (Å²) in [5.41, 5.74) is -3.82. The number of carbonyl (C=O) groups excluding carboxylic acids is 2. The summed E-state index contributed by atoms with van der Waals surface area (Å²) in [5, 5.41) is 19.2. The summed E-state index contributed by atoms with van der Waals surface area (Å²) < 4.78 is 51.8. The van der Waals surface area contributed by atoms with Crippen molar-refractivity contribution in [2.24, 2.45) is 17.8 Å². The third-order valence-corrected chi connectivity index (χ3v) is 8.49. The Labute approximate surface area is 225 Å². The van der Waals surface area contributed by atoms with Gasteiger partial charge in [-0.15, -0.1) is 0 Å². The van der Waals surface area contributed by atoms with Crippen molar-refractivity contribution < 1.29 is 37.4 Å². The fraction of sp³-hybridized carbons (Fsp3) is 0.733. The van der Waals surface area contributed by atoms with Gasteiger partial charge in [-0.2, -0.15) is 13.2 Å². The number of Topliss-reactive ketones (excluding diaryl/α,β-unsaturated/α-hetero) is 2. The highest BCUT2D eigenvalue weighted by Crippen LogP contribution is 2.48. The first kappa shape index (κ1) is 34.2. The van der Waals surface area contributed by atoms with Gasteiger partial charge in [0, 0.05) is 18.3 Å². The molecule has 0 bridgehead atoms. The van der Waals surface area contributed by atoms with Crippen molar-refractivity contribution in [1.82, 2.24) is 0 Å². The molecular formula is C30H46F4O4. The van der Waals surface area contributed by atoms with Gasteiger partial charge in [0.25, 0.3) is 0 Å². The molecule has 0 amide bonds. The highest BCUT2D eigenvalue weighted by Gasteiger charge is 2.51. The molecule has 0 spiro atoms. The lowest BCUT2D eigenvalue weighted by Crippen LogP contribution is -2.39. The van der Waals surface area contributed by atoms with Crippen molar-refractivity contribution in [2.75, 3.05) is 0 Å². The molecule has 2 aliphatic rings. The second-order valence-electron chi connectivity index (χ2n) is 11.6. The van der Waals surface area contributed by atoms with Gasteiger partial charge in [0.15, 0.2) is 5.60 Å². The first-order valence-corrected chi connectivity index (χ1v) is 13.6. The molecule has 7 atom stereocenters. The molecule has 0 radical (unpaired) electrons. The summed E-state index contributed by atoms with van der Waals surface area (Å²) in [5.74, 6) is 0.507. The summed E-state index contributed by atoms with van der Waals surface area (Å²) in [4.78, 5) is 21.5. The number of carbonyl (C=O) groups is 2. The van der Waals surface area contributed by atoms with E-state index in [0.29, 0.717) is 25.2 Å². The Morgan fingerprint density at radius 3 is 1.79 bits per heavy atom. The molecule has 2 N–H and O–H groups in total. The molecule has 2 fully saturated rings. The van der Waals surface area contributed by atoms with Crippen LogP contribution in [-0.4, -0.2) is 39.2 Å². The normalized spacial score (nSPS) is 31.6. The van der Waals surface area contributed by atoms with Crippen LogP contribution in [0, 0.1) is 17.8 Å². The summed E-state index contributed by atoms with van der Waals surface area (Å²) in [6, 6.07) is 5.97. The van der Waals surface area contributed by atoms with Crippen LogP contribution in [0.15, 0.2) is 24.3 Å². The largest absolute Gasteiger partial charge is 0.421 e. The van der Waals surface area contributed by atoms with Crippen LogP contribution in [0.4, 0.5) is 17.6 Å². The van der Waals surface area contributed by atoms with Gasteiger partial charge in [0.05, 0.1) is 12.0 Å². The van der Waals surface area contributed by atoms with Gasteiger partial charge in [0.1, 0.15) is 17.2 Å². The van der Waals surface area contributed by atoms with E-state index in [0.717, 1.165) is 25.3 Å². The predicted molar refractivity (Wildman–Crippen MR) is 142 cm³/mol. The quantitative estimate of drug-likeness (QED) is 0.297. The van der Waals surface area contributed by atoms with E-state index in [-0.39, 0.29) is 41.3 Å². The van der Waals surface area contributed by atoms with E-state index in [4.69, 9.17) is 0 Å². The molecular weight excluding hydrogens is 500 g/mol. The maximum Gasteiger partial charge on any atom is 0.421 e. The fourth-order valence-electron chi connectivity index (χ4n) is 5.07. The van der Waals surface area contributed by atoms with Gasteiger partial charge in [-0.05, 0) is 56.1 Å². The number of halogens is 4. The third kappa shape index (κ3) is 8.35. The highest BCUT2D eigenvalue weighted by molar-refractivity contribution is 6.08. The molecule has 0 saturated heterocycles. The first-order chi connectivity index (χ1) is 17.3. The molecule has 218 valence electrons. The average molecular weight is 547 g/mol. The molecule has 0 aromatic heterocycles. The minimum atomic E-state index is -4.66. The second kappa shape index (κ2) is 13.0. The van der Waals surface area contributed by atoms with Crippen LogP contribution in [0.3, 0.4) is 0 Å². The van der Waals surface area contributed by atoms with Crippen molar-refractivity contribution in [2.45, 2.75) is 123 Å². The standard InChI is InChI=1S/C13H17F3O.C10H19FO.C7H10O2/c1-4-9(2)10-5-7-11(8-6-10)12(3,17)13(14,15)16;1-4-8-6-9(3,12)7-10(8,11)5-2;1-4-5(2)7(9)3-6(4)8/h5-9,17H,4H2,1-3H3;8,12H,4-7H2,1-3H3;4-5H,3H2,1-2H3. The van der Waals surface area contributed by atoms with Crippen LogP contribution in [0.2, 0.25) is 0 Å². The predicted octanol–water partition coefficient (Wildman–Crippen LogP) is 7.45. The number of benzene rings is 1.